The van der Waals surface area contributed by atoms with E-state index in [1.807, 2.05) is 61.2 Å². The molecule has 2 rings (SSSR count). The number of ether oxygens (including phenoxy) is 1. The Labute approximate surface area is 142 Å². The summed E-state index contributed by atoms with van der Waals surface area (Å²) in [6.45, 7) is 4.44. The van der Waals surface area contributed by atoms with Gasteiger partial charge in [0.1, 0.15) is 5.75 Å². The van der Waals surface area contributed by atoms with E-state index in [4.69, 9.17) is 4.74 Å². The number of carbonyl (C=O) groups excluding carboxylic acids is 1. The van der Waals surface area contributed by atoms with Crippen molar-refractivity contribution >= 4 is 17.7 Å². The number of thioether (sulfide) groups is 1. The summed E-state index contributed by atoms with van der Waals surface area (Å²) in [4.78, 5) is 12.0. The second-order valence-corrected chi connectivity index (χ2v) is 6.51. The minimum Gasteiger partial charge on any atom is -0.481 e. The summed E-state index contributed by atoms with van der Waals surface area (Å²) < 4.78 is 5.64. The molecule has 4 heteroatoms. The van der Waals surface area contributed by atoms with Crippen molar-refractivity contribution in [3.05, 3.63) is 65.7 Å². The molecule has 0 radical (unpaired) electrons. The van der Waals surface area contributed by atoms with Crippen molar-refractivity contribution in [2.24, 2.45) is 0 Å². The molecule has 0 fully saturated rings. The molecule has 0 unspecified atom stereocenters. The molecule has 1 N–H and O–H groups in total. The highest BCUT2D eigenvalue weighted by Crippen LogP contribution is 2.13. The van der Waals surface area contributed by atoms with Crippen molar-refractivity contribution < 1.29 is 9.53 Å². The minimum absolute atomic E-state index is 0.0779. The van der Waals surface area contributed by atoms with Crippen LogP contribution < -0.4 is 10.1 Å². The predicted molar refractivity (Wildman–Crippen MR) is 96.9 cm³/mol. The molecule has 23 heavy (non-hydrogen) atoms. The number of carbonyl (C=O) groups is 1. The lowest BCUT2D eigenvalue weighted by Crippen LogP contribution is -2.37. The summed E-state index contributed by atoms with van der Waals surface area (Å²) in [5.41, 5.74) is 2.48. The standard InChI is InChI=1S/C19H23NO2S/c1-15-8-10-18(11-9-15)22-16(2)19(21)20-12-13-23-14-17-6-4-3-5-7-17/h3-11,16H,12-14H2,1-2H3,(H,20,21)/t16-/m1/s1. The molecule has 0 heterocycles. The molecule has 122 valence electrons. The van der Waals surface area contributed by atoms with Gasteiger partial charge in [-0.2, -0.15) is 11.8 Å². The Balaban J connectivity index is 1.63. The highest BCUT2D eigenvalue weighted by atomic mass is 32.2. The summed E-state index contributed by atoms with van der Waals surface area (Å²) in [6.07, 6.45) is -0.489. The molecule has 0 bridgehead atoms. The van der Waals surface area contributed by atoms with Crippen LogP contribution in [0, 0.1) is 6.92 Å². The van der Waals surface area contributed by atoms with E-state index in [9.17, 15) is 4.79 Å². The molecule has 1 atom stereocenters. The summed E-state index contributed by atoms with van der Waals surface area (Å²) in [7, 11) is 0. The van der Waals surface area contributed by atoms with Crippen LogP contribution in [-0.2, 0) is 10.5 Å². The number of benzene rings is 2. The molecule has 0 spiro atoms. The predicted octanol–water partition coefficient (Wildman–Crippen LogP) is 3.81. The van der Waals surface area contributed by atoms with Gasteiger partial charge in [0.25, 0.3) is 5.91 Å². The van der Waals surface area contributed by atoms with E-state index < -0.39 is 6.10 Å². The summed E-state index contributed by atoms with van der Waals surface area (Å²) in [5, 5.41) is 2.92. The fraction of sp³-hybridized carbons (Fsp3) is 0.316. The van der Waals surface area contributed by atoms with Gasteiger partial charge in [-0.05, 0) is 31.5 Å². The number of amides is 1. The zero-order chi connectivity index (χ0) is 16.5. The van der Waals surface area contributed by atoms with Gasteiger partial charge in [0.05, 0.1) is 0 Å². The van der Waals surface area contributed by atoms with Crippen LogP contribution in [0.4, 0.5) is 0 Å². The van der Waals surface area contributed by atoms with Crippen molar-refractivity contribution in [1.82, 2.24) is 5.32 Å². The Kier molecular flexibility index (Phi) is 7.01. The number of hydrogen-bond donors (Lipinski definition) is 1. The summed E-state index contributed by atoms with van der Waals surface area (Å²) >= 11 is 1.81. The second-order valence-electron chi connectivity index (χ2n) is 5.40. The average molecular weight is 329 g/mol. The van der Waals surface area contributed by atoms with Crippen LogP contribution in [0.1, 0.15) is 18.1 Å². The summed E-state index contributed by atoms with van der Waals surface area (Å²) in [5.74, 6) is 2.49. The molecule has 3 nitrogen and oxygen atoms in total. The molecular formula is C19H23NO2S. The third kappa shape index (κ3) is 6.37. The topological polar surface area (TPSA) is 38.3 Å². The first-order valence-corrected chi connectivity index (χ1v) is 8.93. The Bertz CT molecular complexity index is 599. The van der Waals surface area contributed by atoms with Crippen LogP contribution in [-0.4, -0.2) is 24.3 Å². The van der Waals surface area contributed by atoms with Crippen LogP contribution in [0.5, 0.6) is 5.75 Å². The smallest absolute Gasteiger partial charge is 0.260 e. The van der Waals surface area contributed by atoms with Crippen molar-refractivity contribution in [3.8, 4) is 5.75 Å². The average Bonchev–Trinajstić information content (AvgIpc) is 2.57. The third-order valence-electron chi connectivity index (χ3n) is 3.36. The molecule has 2 aromatic rings. The fourth-order valence-electron chi connectivity index (χ4n) is 2.03. The van der Waals surface area contributed by atoms with E-state index in [2.05, 4.69) is 17.4 Å². The Morgan fingerprint density at radius 3 is 2.52 bits per heavy atom. The van der Waals surface area contributed by atoms with E-state index in [1.165, 1.54) is 11.1 Å². The normalized spacial score (nSPS) is 11.7. The van der Waals surface area contributed by atoms with Crippen molar-refractivity contribution in [2.45, 2.75) is 25.7 Å². The molecule has 0 saturated heterocycles. The van der Waals surface area contributed by atoms with E-state index in [0.717, 1.165) is 17.3 Å². The van der Waals surface area contributed by atoms with Crippen LogP contribution in [0.15, 0.2) is 54.6 Å². The number of aryl methyl sites for hydroxylation is 1. The number of nitrogens with one attached hydrogen (secondary N) is 1. The van der Waals surface area contributed by atoms with Gasteiger partial charge < -0.3 is 10.1 Å². The largest absolute Gasteiger partial charge is 0.481 e. The van der Waals surface area contributed by atoms with Gasteiger partial charge in [-0.1, -0.05) is 48.0 Å². The maximum atomic E-state index is 12.0. The van der Waals surface area contributed by atoms with E-state index >= 15 is 0 Å². The van der Waals surface area contributed by atoms with Crippen LogP contribution >= 0.6 is 11.8 Å². The number of hydrogen-bond acceptors (Lipinski definition) is 3. The lowest BCUT2D eigenvalue weighted by Gasteiger charge is -2.14. The molecule has 0 saturated carbocycles. The lowest BCUT2D eigenvalue weighted by molar-refractivity contribution is -0.127. The van der Waals surface area contributed by atoms with Gasteiger partial charge in [-0.25, -0.2) is 0 Å². The van der Waals surface area contributed by atoms with E-state index in [-0.39, 0.29) is 5.91 Å². The number of rotatable bonds is 8. The molecule has 0 aliphatic heterocycles. The van der Waals surface area contributed by atoms with Gasteiger partial charge in [0.2, 0.25) is 0 Å². The molecular weight excluding hydrogens is 306 g/mol. The molecule has 2 aromatic carbocycles. The second kappa shape index (κ2) is 9.26. The van der Waals surface area contributed by atoms with Crippen molar-refractivity contribution in [1.29, 1.82) is 0 Å². The minimum atomic E-state index is -0.489. The van der Waals surface area contributed by atoms with Gasteiger partial charge >= 0.3 is 0 Å². The summed E-state index contributed by atoms with van der Waals surface area (Å²) in [6, 6.07) is 18.0. The first kappa shape index (κ1) is 17.4. The highest BCUT2D eigenvalue weighted by Gasteiger charge is 2.13. The molecule has 1 amide bonds. The fourth-order valence-corrected chi connectivity index (χ4v) is 2.85. The monoisotopic (exact) mass is 329 g/mol. The maximum absolute atomic E-state index is 12.0. The van der Waals surface area contributed by atoms with Gasteiger partial charge in [-0.15, -0.1) is 0 Å². The van der Waals surface area contributed by atoms with Crippen LogP contribution in [0.3, 0.4) is 0 Å². The zero-order valence-electron chi connectivity index (χ0n) is 13.6. The molecule has 0 aliphatic rings. The Hall–Kier alpha value is -1.94. The van der Waals surface area contributed by atoms with Crippen LogP contribution in [0.2, 0.25) is 0 Å². The maximum Gasteiger partial charge on any atom is 0.260 e. The SMILES string of the molecule is Cc1ccc(O[C@H](C)C(=O)NCCSCc2ccccc2)cc1. The van der Waals surface area contributed by atoms with Gasteiger partial charge in [-0.3, -0.25) is 4.79 Å². The third-order valence-corrected chi connectivity index (χ3v) is 4.39. The first-order valence-electron chi connectivity index (χ1n) is 7.78. The quantitative estimate of drug-likeness (QED) is 0.748. The lowest BCUT2D eigenvalue weighted by atomic mass is 10.2. The van der Waals surface area contributed by atoms with Crippen LogP contribution in [0.25, 0.3) is 0 Å². The van der Waals surface area contributed by atoms with E-state index in [1.54, 1.807) is 6.92 Å². The Morgan fingerprint density at radius 2 is 1.83 bits per heavy atom. The molecule has 0 aliphatic carbocycles. The zero-order valence-corrected chi connectivity index (χ0v) is 14.4. The first-order chi connectivity index (χ1) is 11.1. The molecule has 0 aromatic heterocycles. The van der Waals surface area contributed by atoms with E-state index in [0.29, 0.717) is 6.54 Å². The van der Waals surface area contributed by atoms with Gasteiger partial charge in [0, 0.05) is 18.1 Å². The Morgan fingerprint density at radius 1 is 1.13 bits per heavy atom. The highest BCUT2D eigenvalue weighted by molar-refractivity contribution is 7.98. The van der Waals surface area contributed by atoms with Gasteiger partial charge in [0.15, 0.2) is 6.10 Å². The van der Waals surface area contributed by atoms with Crippen molar-refractivity contribution in [2.75, 3.05) is 12.3 Å². The van der Waals surface area contributed by atoms with Crippen molar-refractivity contribution in [3.63, 3.8) is 0 Å².